The summed E-state index contributed by atoms with van der Waals surface area (Å²) < 4.78 is 0. The van der Waals surface area contributed by atoms with Gasteiger partial charge in [-0.15, -0.1) is 12.6 Å². The number of carbonyl (C=O) groups excluding carboxylic acids is 2. The first kappa shape index (κ1) is 21.5. The normalized spacial score (nSPS) is 24.3. The van der Waals surface area contributed by atoms with Crippen molar-refractivity contribution in [2.45, 2.75) is 40.0 Å². The maximum absolute atomic E-state index is 12.0. The van der Waals surface area contributed by atoms with Crippen LogP contribution in [0.2, 0.25) is 0 Å². The minimum atomic E-state index is -0.998. The first-order valence-corrected chi connectivity index (χ1v) is 6.07. The van der Waals surface area contributed by atoms with E-state index in [0.29, 0.717) is 6.42 Å². The second-order valence-electron chi connectivity index (χ2n) is 4.21. The second kappa shape index (κ2) is 9.16. The van der Waals surface area contributed by atoms with E-state index in [9.17, 15) is 9.59 Å². The van der Waals surface area contributed by atoms with Crippen molar-refractivity contribution in [1.29, 1.82) is 0 Å². The Balaban J connectivity index is 0. The SMILES string of the molecule is CCCC(C)C1(CC)C(=O)N=C(S)NC1=O.[NaH].[NaH]. The molecule has 0 aliphatic carbocycles. The van der Waals surface area contributed by atoms with Crippen LogP contribution in [0.15, 0.2) is 4.99 Å². The fraction of sp³-hybridized carbons (Fsp3) is 0.727. The molecule has 18 heavy (non-hydrogen) atoms. The summed E-state index contributed by atoms with van der Waals surface area (Å²) >= 11 is 3.91. The second-order valence-corrected chi connectivity index (χ2v) is 4.63. The Hall–Kier alpha value is 1.16. The van der Waals surface area contributed by atoms with Crippen LogP contribution in [0.5, 0.6) is 0 Å². The number of nitrogens with zero attached hydrogens (tertiary/aromatic N) is 1. The van der Waals surface area contributed by atoms with Crippen LogP contribution in [0, 0.1) is 11.3 Å². The molecule has 0 radical (unpaired) electrons. The third kappa shape index (κ3) is 4.08. The van der Waals surface area contributed by atoms with Crippen molar-refractivity contribution in [3.63, 3.8) is 0 Å². The quantitative estimate of drug-likeness (QED) is 0.449. The van der Waals surface area contributed by atoms with Gasteiger partial charge in [0.25, 0.3) is 5.91 Å². The third-order valence-corrected chi connectivity index (χ3v) is 3.55. The van der Waals surface area contributed by atoms with Gasteiger partial charge in [-0.3, -0.25) is 9.59 Å². The van der Waals surface area contributed by atoms with E-state index in [1.54, 1.807) is 0 Å². The van der Waals surface area contributed by atoms with E-state index >= 15 is 0 Å². The van der Waals surface area contributed by atoms with E-state index in [1.165, 1.54) is 0 Å². The Kier molecular flexibility index (Phi) is 10.9. The van der Waals surface area contributed by atoms with Crippen LogP contribution in [0.3, 0.4) is 0 Å². The summed E-state index contributed by atoms with van der Waals surface area (Å²) in [7, 11) is 0. The molecule has 0 aromatic heterocycles. The summed E-state index contributed by atoms with van der Waals surface area (Å²) in [5.41, 5.74) is -0.998. The van der Waals surface area contributed by atoms with Crippen LogP contribution in [0.1, 0.15) is 40.0 Å². The Labute approximate surface area is 158 Å². The molecule has 1 heterocycles. The molecular weight excluding hydrogens is 270 g/mol. The van der Waals surface area contributed by atoms with Crippen LogP contribution < -0.4 is 5.32 Å². The molecule has 1 aliphatic rings. The summed E-state index contributed by atoms with van der Waals surface area (Å²) in [6.45, 7) is 5.82. The van der Waals surface area contributed by atoms with Crippen molar-refractivity contribution in [3.8, 4) is 0 Å². The van der Waals surface area contributed by atoms with Crippen LogP contribution in [0.4, 0.5) is 0 Å². The fourth-order valence-corrected chi connectivity index (χ4v) is 2.50. The number of amidine groups is 1. The zero-order chi connectivity index (χ0) is 12.3. The summed E-state index contributed by atoms with van der Waals surface area (Å²) in [4.78, 5) is 27.8. The molecule has 0 saturated carbocycles. The Morgan fingerprint density at radius 3 is 2.28 bits per heavy atom. The molecule has 0 aromatic carbocycles. The Morgan fingerprint density at radius 2 is 1.89 bits per heavy atom. The van der Waals surface area contributed by atoms with Crippen LogP contribution in [0.25, 0.3) is 0 Å². The Morgan fingerprint density at radius 1 is 1.33 bits per heavy atom. The van der Waals surface area contributed by atoms with E-state index in [1.807, 2.05) is 20.8 Å². The molecular formula is C11H20N2Na2O2S. The first-order chi connectivity index (χ1) is 7.48. The topological polar surface area (TPSA) is 58.5 Å². The molecule has 1 N–H and O–H groups in total. The van der Waals surface area contributed by atoms with Crippen molar-refractivity contribution in [3.05, 3.63) is 0 Å². The molecule has 1 aliphatic heterocycles. The van der Waals surface area contributed by atoms with Crippen molar-refractivity contribution < 1.29 is 9.59 Å². The van der Waals surface area contributed by atoms with Gasteiger partial charge in [0.15, 0.2) is 5.17 Å². The number of carbonyl (C=O) groups is 2. The summed E-state index contributed by atoms with van der Waals surface area (Å²) in [5.74, 6) is -0.620. The zero-order valence-corrected chi connectivity index (χ0v) is 10.8. The molecule has 94 valence electrons. The van der Waals surface area contributed by atoms with E-state index in [4.69, 9.17) is 0 Å². The van der Waals surface area contributed by atoms with Crippen molar-refractivity contribution in [1.82, 2.24) is 5.32 Å². The average Bonchev–Trinajstić information content (AvgIpc) is 2.18. The number of thiol groups is 1. The minimum absolute atomic E-state index is 0. The molecule has 0 spiro atoms. The maximum atomic E-state index is 12.0. The van der Waals surface area contributed by atoms with Gasteiger partial charge in [0.2, 0.25) is 5.91 Å². The van der Waals surface area contributed by atoms with E-state index in [2.05, 4.69) is 22.9 Å². The van der Waals surface area contributed by atoms with Gasteiger partial charge in [-0.1, -0.05) is 27.2 Å². The molecule has 2 amide bonds. The molecule has 2 unspecified atom stereocenters. The predicted molar refractivity (Wildman–Crippen MR) is 80.7 cm³/mol. The Bertz CT molecular complexity index is 350. The van der Waals surface area contributed by atoms with Gasteiger partial charge >= 0.3 is 59.1 Å². The molecule has 4 nitrogen and oxygen atoms in total. The average molecular weight is 290 g/mol. The van der Waals surface area contributed by atoms with E-state index < -0.39 is 5.41 Å². The predicted octanol–water partition coefficient (Wildman–Crippen LogP) is 0.464. The number of hydrogen-bond acceptors (Lipinski definition) is 2. The first-order valence-electron chi connectivity index (χ1n) is 5.62. The third-order valence-electron chi connectivity index (χ3n) is 3.34. The van der Waals surface area contributed by atoms with Gasteiger partial charge in [-0.25, -0.2) is 0 Å². The molecule has 2 atom stereocenters. The van der Waals surface area contributed by atoms with Crippen molar-refractivity contribution in [2.24, 2.45) is 16.3 Å². The summed E-state index contributed by atoms with van der Waals surface area (Å²) in [6.07, 6.45) is 2.26. The standard InChI is InChI=1S/C11H18N2O2S.2Na.2H/c1-4-6-7(3)11(5-2)8(14)12-10(16)13-9(11)15;;;;/h7H,4-6H2,1-3H3,(H2,12,13,14,15,16);;;;. The van der Waals surface area contributed by atoms with Gasteiger partial charge in [0.05, 0.1) is 0 Å². The molecule has 7 heteroatoms. The van der Waals surface area contributed by atoms with Crippen molar-refractivity contribution in [2.75, 3.05) is 0 Å². The zero-order valence-electron chi connectivity index (χ0n) is 9.91. The van der Waals surface area contributed by atoms with E-state index in [0.717, 1.165) is 12.8 Å². The van der Waals surface area contributed by atoms with Gasteiger partial charge in [0, 0.05) is 0 Å². The molecule has 1 rings (SSSR count). The monoisotopic (exact) mass is 290 g/mol. The number of amides is 2. The van der Waals surface area contributed by atoms with Crippen LogP contribution in [-0.2, 0) is 9.59 Å². The van der Waals surface area contributed by atoms with Gasteiger partial charge in [-0.05, 0) is 18.8 Å². The molecule has 0 aromatic rings. The molecule has 0 saturated heterocycles. The number of aliphatic imine (C=N–C) groups is 1. The fourth-order valence-electron chi connectivity index (χ4n) is 2.31. The molecule has 0 bridgehead atoms. The summed E-state index contributed by atoms with van der Waals surface area (Å²) in [6, 6.07) is 0. The van der Waals surface area contributed by atoms with Crippen LogP contribution >= 0.6 is 12.6 Å². The van der Waals surface area contributed by atoms with Crippen molar-refractivity contribution >= 4 is 88.7 Å². The molecule has 0 fully saturated rings. The van der Waals surface area contributed by atoms with Gasteiger partial charge in [-0.2, -0.15) is 4.99 Å². The van der Waals surface area contributed by atoms with E-state index in [-0.39, 0.29) is 82.0 Å². The van der Waals surface area contributed by atoms with Crippen LogP contribution in [-0.4, -0.2) is 76.1 Å². The summed E-state index contributed by atoms with van der Waals surface area (Å²) in [5, 5.41) is 2.65. The van der Waals surface area contributed by atoms with Gasteiger partial charge < -0.3 is 5.32 Å². The number of rotatable bonds is 4. The number of hydrogen-bond donors (Lipinski definition) is 2. The number of nitrogens with one attached hydrogen (secondary N) is 1. The van der Waals surface area contributed by atoms with Gasteiger partial charge in [0.1, 0.15) is 5.41 Å².